The zero-order valence-electron chi connectivity index (χ0n) is 10.5. The molecule has 8 heteroatoms. The fourth-order valence-corrected chi connectivity index (χ4v) is 1.78. The first-order chi connectivity index (χ1) is 9.61. The molecule has 0 aliphatic rings. The van der Waals surface area contributed by atoms with Crippen LogP contribution in [0, 0.1) is 10.1 Å². The summed E-state index contributed by atoms with van der Waals surface area (Å²) in [5.41, 5.74) is 0.585. The minimum Gasteiger partial charge on any atom is -0.481 e. The molecular formula is C12H11ClN4O3. The van der Waals surface area contributed by atoms with E-state index in [0.717, 1.165) is 5.56 Å². The van der Waals surface area contributed by atoms with Gasteiger partial charge in [-0.25, -0.2) is 9.97 Å². The molecule has 0 fully saturated rings. The first-order valence-corrected chi connectivity index (χ1v) is 6.01. The van der Waals surface area contributed by atoms with Crippen molar-refractivity contribution < 1.29 is 9.66 Å². The molecule has 1 N–H and O–H groups in total. The molecule has 20 heavy (non-hydrogen) atoms. The van der Waals surface area contributed by atoms with Crippen molar-refractivity contribution in [3.8, 4) is 5.88 Å². The molecule has 0 aromatic carbocycles. The zero-order valence-corrected chi connectivity index (χ0v) is 11.3. The highest BCUT2D eigenvalue weighted by atomic mass is 35.5. The monoisotopic (exact) mass is 294 g/mol. The fraction of sp³-hybridized carbons (Fsp3) is 0.167. The summed E-state index contributed by atoms with van der Waals surface area (Å²) in [5.74, 6) is 0.599. The lowest BCUT2D eigenvalue weighted by Crippen LogP contribution is -2.06. The maximum absolute atomic E-state index is 10.9. The van der Waals surface area contributed by atoms with E-state index in [1.54, 1.807) is 18.3 Å². The van der Waals surface area contributed by atoms with Gasteiger partial charge in [0.05, 0.1) is 17.1 Å². The summed E-state index contributed by atoms with van der Waals surface area (Å²) in [6.07, 6.45) is 2.95. The number of aromatic nitrogens is 2. The largest absolute Gasteiger partial charge is 0.481 e. The van der Waals surface area contributed by atoms with Crippen LogP contribution in [0.5, 0.6) is 5.88 Å². The number of anilines is 1. The van der Waals surface area contributed by atoms with Crippen molar-refractivity contribution in [2.75, 3.05) is 12.4 Å². The van der Waals surface area contributed by atoms with E-state index in [4.69, 9.17) is 16.3 Å². The van der Waals surface area contributed by atoms with Gasteiger partial charge in [-0.05, 0) is 6.07 Å². The van der Waals surface area contributed by atoms with Crippen LogP contribution in [-0.2, 0) is 6.54 Å². The van der Waals surface area contributed by atoms with Crippen LogP contribution < -0.4 is 10.1 Å². The Bertz CT molecular complexity index is 636. The predicted molar refractivity (Wildman–Crippen MR) is 74.0 cm³/mol. The summed E-state index contributed by atoms with van der Waals surface area (Å²) in [5, 5.41) is 14.0. The number of hydrogen-bond donors (Lipinski definition) is 1. The maximum Gasteiger partial charge on any atom is 0.312 e. The summed E-state index contributed by atoms with van der Waals surface area (Å²) in [6, 6.07) is 4.81. The standard InChI is InChI=1S/C12H11ClN4O3/c1-20-12-8(3-2-4-14-12)6-15-11-10(17(18)19)5-9(13)7-16-11/h2-5,7H,6H2,1H3,(H,15,16). The number of hydrogen-bond acceptors (Lipinski definition) is 6. The van der Waals surface area contributed by atoms with Crippen molar-refractivity contribution >= 4 is 23.1 Å². The molecule has 2 heterocycles. The number of ether oxygens (including phenoxy) is 1. The maximum atomic E-state index is 10.9. The number of pyridine rings is 2. The smallest absolute Gasteiger partial charge is 0.312 e. The van der Waals surface area contributed by atoms with Crippen molar-refractivity contribution in [3.05, 3.63) is 51.3 Å². The summed E-state index contributed by atoms with van der Waals surface area (Å²) in [6.45, 7) is 0.298. The molecule has 0 atom stereocenters. The lowest BCUT2D eigenvalue weighted by molar-refractivity contribution is -0.384. The molecule has 7 nitrogen and oxygen atoms in total. The molecule has 2 rings (SSSR count). The van der Waals surface area contributed by atoms with Crippen molar-refractivity contribution in [3.63, 3.8) is 0 Å². The summed E-state index contributed by atoms with van der Waals surface area (Å²) >= 11 is 5.70. The van der Waals surface area contributed by atoms with Gasteiger partial charge in [0.15, 0.2) is 0 Å². The highest BCUT2D eigenvalue weighted by Gasteiger charge is 2.16. The first-order valence-electron chi connectivity index (χ1n) is 5.63. The average molecular weight is 295 g/mol. The molecule has 0 bridgehead atoms. The van der Waals surface area contributed by atoms with Gasteiger partial charge in [0, 0.05) is 30.6 Å². The van der Waals surface area contributed by atoms with Crippen LogP contribution >= 0.6 is 11.6 Å². The summed E-state index contributed by atoms with van der Waals surface area (Å²) in [7, 11) is 1.51. The van der Waals surface area contributed by atoms with E-state index in [1.807, 2.05) is 0 Å². The van der Waals surface area contributed by atoms with Crippen LogP contribution in [0.2, 0.25) is 5.02 Å². The zero-order chi connectivity index (χ0) is 14.5. The highest BCUT2D eigenvalue weighted by Crippen LogP contribution is 2.26. The molecule has 2 aromatic heterocycles. The van der Waals surface area contributed by atoms with Gasteiger partial charge in [-0.15, -0.1) is 0 Å². The number of halogens is 1. The number of nitrogens with zero attached hydrogens (tertiary/aromatic N) is 3. The van der Waals surface area contributed by atoms with Gasteiger partial charge in [0.2, 0.25) is 11.7 Å². The summed E-state index contributed by atoms with van der Waals surface area (Å²) < 4.78 is 5.10. The SMILES string of the molecule is COc1ncccc1CNc1ncc(Cl)cc1[N+](=O)[O-]. The van der Waals surface area contributed by atoms with Gasteiger partial charge < -0.3 is 10.1 Å². The molecule has 0 saturated heterocycles. The van der Waals surface area contributed by atoms with E-state index >= 15 is 0 Å². The molecule has 0 aliphatic carbocycles. The van der Waals surface area contributed by atoms with Gasteiger partial charge in [0.25, 0.3) is 0 Å². The van der Waals surface area contributed by atoms with E-state index in [2.05, 4.69) is 15.3 Å². The Hall–Kier alpha value is -2.41. The molecular weight excluding hydrogens is 284 g/mol. The summed E-state index contributed by atoms with van der Waals surface area (Å²) in [4.78, 5) is 18.4. The van der Waals surface area contributed by atoms with Gasteiger partial charge in [-0.1, -0.05) is 17.7 Å². The van der Waals surface area contributed by atoms with E-state index in [0.29, 0.717) is 12.4 Å². The van der Waals surface area contributed by atoms with E-state index in [1.165, 1.54) is 19.4 Å². The minimum atomic E-state index is -0.540. The Kier molecular flexibility index (Phi) is 4.31. The van der Waals surface area contributed by atoms with Crippen molar-refractivity contribution in [1.29, 1.82) is 0 Å². The van der Waals surface area contributed by atoms with E-state index < -0.39 is 4.92 Å². The second-order valence-electron chi connectivity index (χ2n) is 3.80. The molecule has 0 radical (unpaired) electrons. The second-order valence-corrected chi connectivity index (χ2v) is 4.24. The average Bonchev–Trinajstić information content (AvgIpc) is 2.46. The molecule has 0 amide bonds. The molecule has 2 aromatic rings. The minimum absolute atomic E-state index is 0.144. The molecule has 0 saturated carbocycles. The van der Waals surface area contributed by atoms with Crippen molar-refractivity contribution in [2.24, 2.45) is 0 Å². The topological polar surface area (TPSA) is 90.2 Å². The highest BCUT2D eigenvalue weighted by molar-refractivity contribution is 6.30. The fourth-order valence-electron chi connectivity index (χ4n) is 1.63. The first kappa shape index (κ1) is 14.0. The number of nitrogens with one attached hydrogen (secondary N) is 1. The lowest BCUT2D eigenvalue weighted by atomic mass is 10.2. The van der Waals surface area contributed by atoms with Crippen molar-refractivity contribution in [2.45, 2.75) is 6.54 Å². The molecule has 0 spiro atoms. The third-order valence-electron chi connectivity index (χ3n) is 2.52. The Labute approximate surface area is 119 Å². The van der Waals surface area contributed by atoms with Crippen LogP contribution in [-0.4, -0.2) is 22.0 Å². The van der Waals surface area contributed by atoms with Crippen LogP contribution in [0.1, 0.15) is 5.56 Å². The Morgan fingerprint density at radius 2 is 2.30 bits per heavy atom. The van der Waals surface area contributed by atoms with Crippen LogP contribution in [0.15, 0.2) is 30.6 Å². The van der Waals surface area contributed by atoms with Crippen molar-refractivity contribution in [1.82, 2.24) is 9.97 Å². The van der Waals surface area contributed by atoms with Gasteiger partial charge in [-0.3, -0.25) is 10.1 Å². The van der Waals surface area contributed by atoms with Crippen LogP contribution in [0.25, 0.3) is 0 Å². The van der Waals surface area contributed by atoms with Gasteiger partial charge in [0.1, 0.15) is 0 Å². The third-order valence-corrected chi connectivity index (χ3v) is 2.73. The normalized spacial score (nSPS) is 10.1. The Balaban J connectivity index is 2.21. The Morgan fingerprint density at radius 1 is 1.50 bits per heavy atom. The molecule has 0 aliphatic heterocycles. The van der Waals surface area contributed by atoms with Crippen LogP contribution in [0.3, 0.4) is 0 Å². The van der Waals surface area contributed by atoms with Gasteiger partial charge in [-0.2, -0.15) is 0 Å². The number of nitro groups is 1. The predicted octanol–water partition coefficient (Wildman–Crippen LogP) is 2.66. The van der Waals surface area contributed by atoms with E-state index in [-0.39, 0.29) is 16.5 Å². The van der Waals surface area contributed by atoms with Crippen LogP contribution in [0.4, 0.5) is 11.5 Å². The molecule has 104 valence electrons. The second kappa shape index (κ2) is 6.16. The van der Waals surface area contributed by atoms with E-state index in [9.17, 15) is 10.1 Å². The molecule has 0 unspecified atom stereocenters. The van der Waals surface area contributed by atoms with Gasteiger partial charge >= 0.3 is 5.69 Å². The number of methoxy groups -OCH3 is 1. The lowest BCUT2D eigenvalue weighted by Gasteiger charge is -2.09. The third kappa shape index (κ3) is 3.12. The Morgan fingerprint density at radius 3 is 3.00 bits per heavy atom. The number of rotatable bonds is 5. The quantitative estimate of drug-likeness (QED) is 0.673.